The summed E-state index contributed by atoms with van der Waals surface area (Å²) < 4.78 is 38.1. The van der Waals surface area contributed by atoms with Gasteiger partial charge in [0, 0.05) is 22.8 Å². The van der Waals surface area contributed by atoms with Crippen LogP contribution in [-0.4, -0.2) is 18.1 Å². The zero-order valence-corrected chi connectivity index (χ0v) is 11.7. The standard InChI is InChI=1S/C13H17F3N2OS/c14-13(15,16)9-2-1-3-10(5-9)18-6-11-4-8(7-20-11)12(17)19/h4,7,9-10,18H,1-3,5-6H2,(H2,17,19). The Morgan fingerprint density at radius 1 is 1.45 bits per heavy atom. The van der Waals surface area contributed by atoms with Crippen LogP contribution in [0, 0.1) is 5.92 Å². The molecule has 112 valence electrons. The fourth-order valence-corrected chi connectivity index (χ4v) is 3.34. The second-order valence-corrected chi connectivity index (χ2v) is 6.14. The van der Waals surface area contributed by atoms with Gasteiger partial charge in [0.2, 0.25) is 5.91 Å². The average Bonchev–Trinajstić information content (AvgIpc) is 2.85. The molecule has 1 aromatic rings. The Morgan fingerprint density at radius 3 is 2.80 bits per heavy atom. The summed E-state index contributed by atoms with van der Waals surface area (Å²) in [6.07, 6.45) is -2.37. The lowest BCUT2D eigenvalue weighted by atomic mass is 9.85. The van der Waals surface area contributed by atoms with E-state index in [-0.39, 0.29) is 18.9 Å². The predicted octanol–water partition coefficient (Wildman–Crippen LogP) is 3.06. The minimum absolute atomic E-state index is 0.116. The first-order valence-corrected chi connectivity index (χ1v) is 7.41. The molecule has 2 atom stereocenters. The largest absolute Gasteiger partial charge is 0.391 e. The number of nitrogens with two attached hydrogens (primary N) is 1. The molecular weight excluding hydrogens is 289 g/mol. The number of alkyl halides is 3. The van der Waals surface area contributed by atoms with E-state index in [0.29, 0.717) is 18.5 Å². The van der Waals surface area contributed by atoms with Gasteiger partial charge in [-0.2, -0.15) is 13.2 Å². The van der Waals surface area contributed by atoms with E-state index in [0.717, 1.165) is 11.3 Å². The van der Waals surface area contributed by atoms with Crippen LogP contribution in [-0.2, 0) is 6.54 Å². The molecule has 0 bridgehead atoms. The van der Waals surface area contributed by atoms with Gasteiger partial charge in [0.25, 0.3) is 0 Å². The van der Waals surface area contributed by atoms with Gasteiger partial charge in [-0.05, 0) is 25.3 Å². The number of rotatable bonds is 4. The summed E-state index contributed by atoms with van der Waals surface area (Å²) >= 11 is 1.39. The molecule has 0 radical (unpaired) electrons. The maximum atomic E-state index is 12.7. The van der Waals surface area contributed by atoms with Gasteiger partial charge in [0.15, 0.2) is 0 Å². The molecule has 0 aromatic carbocycles. The van der Waals surface area contributed by atoms with Gasteiger partial charge in [-0.15, -0.1) is 11.3 Å². The van der Waals surface area contributed by atoms with Crippen LogP contribution in [0.5, 0.6) is 0 Å². The van der Waals surface area contributed by atoms with Crippen LogP contribution < -0.4 is 11.1 Å². The predicted molar refractivity (Wildman–Crippen MR) is 71.5 cm³/mol. The number of nitrogens with one attached hydrogen (secondary N) is 1. The Labute approximate surface area is 119 Å². The summed E-state index contributed by atoms with van der Waals surface area (Å²) in [5, 5.41) is 4.82. The zero-order valence-electron chi connectivity index (χ0n) is 10.9. The summed E-state index contributed by atoms with van der Waals surface area (Å²) in [5.41, 5.74) is 5.60. The van der Waals surface area contributed by atoms with E-state index in [9.17, 15) is 18.0 Å². The normalized spacial score (nSPS) is 23.8. The van der Waals surface area contributed by atoms with E-state index < -0.39 is 18.0 Å². The Morgan fingerprint density at radius 2 is 2.20 bits per heavy atom. The molecule has 1 heterocycles. The van der Waals surface area contributed by atoms with Crippen LogP contribution in [0.4, 0.5) is 13.2 Å². The SMILES string of the molecule is NC(=O)c1csc(CNC2CCCC(C(F)(F)F)C2)c1. The van der Waals surface area contributed by atoms with Crippen molar-refractivity contribution in [3.8, 4) is 0 Å². The molecule has 1 aliphatic rings. The number of hydrogen-bond acceptors (Lipinski definition) is 3. The van der Waals surface area contributed by atoms with Crippen molar-refractivity contribution in [1.29, 1.82) is 0 Å². The quantitative estimate of drug-likeness (QED) is 0.898. The number of primary amides is 1. The molecule has 1 saturated carbocycles. The molecule has 20 heavy (non-hydrogen) atoms. The van der Waals surface area contributed by atoms with Crippen LogP contribution in [0.1, 0.15) is 40.9 Å². The second kappa shape index (κ2) is 6.13. The number of carbonyl (C=O) groups excluding carboxylic acids is 1. The fourth-order valence-electron chi connectivity index (χ4n) is 2.52. The van der Waals surface area contributed by atoms with Gasteiger partial charge >= 0.3 is 6.18 Å². The van der Waals surface area contributed by atoms with E-state index >= 15 is 0 Å². The number of hydrogen-bond donors (Lipinski definition) is 2. The molecule has 1 aliphatic carbocycles. The molecule has 1 amide bonds. The average molecular weight is 306 g/mol. The van der Waals surface area contributed by atoms with E-state index in [1.165, 1.54) is 11.3 Å². The van der Waals surface area contributed by atoms with Crippen LogP contribution in [0.15, 0.2) is 11.4 Å². The van der Waals surface area contributed by atoms with E-state index in [1.54, 1.807) is 11.4 Å². The zero-order chi connectivity index (χ0) is 14.8. The van der Waals surface area contributed by atoms with E-state index in [1.807, 2.05) is 0 Å². The molecular formula is C13H17F3N2OS. The first-order valence-electron chi connectivity index (χ1n) is 6.53. The van der Waals surface area contributed by atoms with Crippen molar-refractivity contribution >= 4 is 17.2 Å². The maximum Gasteiger partial charge on any atom is 0.391 e. The van der Waals surface area contributed by atoms with Crippen molar-refractivity contribution in [2.24, 2.45) is 11.7 Å². The van der Waals surface area contributed by atoms with Crippen molar-refractivity contribution in [2.45, 2.75) is 44.4 Å². The highest BCUT2D eigenvalue weighted by Gasteiger charge is 2.41. The van der Waals surface area contributed by atoms with Crippen molar-refractivity contribution in [3.63, 3.8) is 0 Å². The third kappa shape index (κ3) is 3.96. The number of thiophene rings is 1. The van der Waals surface area contributed by atoms with Crippen molar-refractivity contribution in [1.82, 2.24) is 5.32 Å². The van der Waals surface area contributed by atoms with Crippen LogP contribution in [0.2, 0.25) is 0 Å². The number of amides is 1. The summed E-state index contributed by atoms with van der Waals surface area (Å²) in [7, 11) is 0. The summed E-state index contributed by atoms with van der Waals surface area (Å²) in [4.78, 5) is 11.9. The lowest BCUT2D eigenvalue weighted by molar-refractivity contribution is -0.183. The third-order valence-corrected chi connectivity index (χ3v) is 4.58. The van der Waals surface area contributed by atoms with Crippen LogP contribution >= 0.6 is 11.3 Å². The highest BCUT2D eigenvalue weighted by atomic mass is 32.1. The molecule has 1 fully saturated rings. The van der Waals surface area contributed by atoms with E-state index in [4.69, 9.17) is 5.73 Å². The third-order valence-electron chi connectivity index (χ3n) is 3.64. The van der Waals surface area contributed by atoms with Crippen molar-refractivity contribution in [3.05, 3.63) is 21.9 Å². The minimum Gasteiger partial charge on any atom is -0.366 e. The summed E-state index contributed by atoms with van der Waals surface area (Å²) in [5.74, 6) is -1.68. The first kappa shape index (κ1) is 15.3. The topological polar surface area (TPSA) is 55.1 Å². The minimum atomic E-state index is -4.09. The van der Waals surface area contributed by atoms with E-state index in [2.05, 4.69) is 5.32 Å². The number of carbonyl (C=O) groups is 1. The highest BCUT2D eigenvalue weighted by Crippen LogP contribution is 2.37. The Hall–Kier alpha value is -1.08. The monoisotopic (exact) mass is 306 g/mol. The Kier molecular flexibility index (Phi) is 4.70. The van der Waals surface area contributed by atoms with Gasteiger partial charge in [0.1, 0.15) is 0 Å². The van der Waals surface area contributed by atoms with Gasteiger partial charge < -0.3 is 11.1 Å². The Balaban J connectivity index is 1.85. The highest BCUT2D eigenvalue weighted by molar-refractivity contribution is 7.10. The smallest absolute Gasteiger partial charge is 0.366 e. The van der Waals surface area contributed by atoms with Crippen molar-refractivity contribution < 1.29 is 18.0 Å². The Bertz CT molecular complexity index is 472. The van der Waals surface area contributed by atoms with Crippen LogP contribution in [0.25, 0.3) is 0 Å². The summed E-state index contributed by atoms with van der Waals surface area (Å²) in [6, 6.07) is 1.57. The lowest BCUT2D eigenvalue weighted by Gasteiger charge is -2.31. The molecule has 2 rings (SSSR count). The van der Waals surface area contributed by atoms with Gasteiger partial charge in [-0.25, -0.2) is 0 Å². The van der Waals surface area contributed by atoms with Crippen LogP contribution in [0.3, 0.4) is 0 Å². The number of halogens is 3. The lowest BCUT2D eigenvalue weighted by Crippen LogP contribution is -2.38. The molecule has 3 N–H and O–H groups in total. The summed E-state index contributed by atoms with van der Waals surface area (Å²) in [6.45, 7) is 0.479. The van der Waals surface area contributed by atoms with Gasteiger partial charge in [-0.3, -0.25) is 4.79 Å². The molecule has 0 saturated heterocycles. The molecule has 0 spiro atoms. The van der Waals surface area contributed by atoms with Gasteiger partial charge in [0.05, 0.1) is 11.5 Å². The molecule has 7 heteroatoms. The maximum absolute atomic E-state index is 12.7. The van der Waals surface area contributed by atoms with Gasteiger partial charge in [-0.1, -0.05) is 6.42 Å². The fraction of sp³-hybridized carbons (Fsp3) is 0.615. The molecule has 3 nitrogen and oxygen atoms in total. The van der Waals surface area contributed by atoms with Crippen molar-refractivity contribution in [2.75, 3.05) is 0 Å². The second-order valence-electron chi connectivity index (χ2n) is 5.15. The first-order chi connectivity index (χ1) is 9.36. The molecule has 1 aromatic heterocycles. The molecule has 0 aliphatic heterocycles. The molecule has 2 unspecified atom stereocenters.